The zero-order chi connectivity index (χ0) is 13.4. The molecule has 0 saturated heterocycles. The molecule has 1 heterocycles. The minimum absolute atomic E-state index is 0.0459. The molecule has 1 atom stereocenters. The van der Waals surface area contributed by atoms with Crippen molar-refractivity contribution in [2.24, 2.45) is 5.73 Å². The average Bonchev–Trinajstić information content (AvgIpc) is 2.82. The predicted octanol–water partition coefficient (Wildman–Crippen LogP) is 3.81. The molecule has 3 rings (SSSR count). The van der Waals surface area contributed by atoms with E-state index in [9.17, 15) is 0 Å². The second-order valence-corrected chi connectivity index (χ2v) is 5.52. The first kappa shape index (κ1) is 12.4. The number of para-hydroxylation sites is 1. The molecule has 0 aliphatic carbocycles. The third-order valence-electron chi connectivity index (χ3n) is 3.19. The van der Waals surface area contributed by atoms with Gasteiger partial charge in [0.25, 0.3) is 0 Å². The zero-order valence-corrected chi connectivity index (χ0v) is 12.1. The number of fused-ring (bicyclic) bond motifs is 1. The smallest absolute Gasteiger partial charge is 0.0741 e. The van der Waals surface area contributed by atoms with Gasteiger partial charge in [-0.3, -0.25) is 0 Å². The lowest BCUT2D eigenvalue weighted by atomic mass is 10.1. The maximum atomic E-state index is 6.07. The molecule has 0 aliphatic rings. The Kier molecular flexibility index (Phi) is 3.12. The quantitative estimate of drug-likeness (QED) is 0.781. The summed E-state index contributed by atoms with van der Waals surface area (Å²) in [4.78, 5) is 0. The van der Waals surface area contributed by atoms with Crippen molar-refractivity contribution in [1.29, 1.82) is 0 Å². The maximum Gasteiger partial charge on any atom is 0.0741 e. The molecule has 0 saturated carbocycles. The van der Waals surface area contributed by atoms with Crippen molar-refractivity contribution in [2.45, 2.75) is 13.0 Å². The first-order chi connectivity index (χ1) is 9.16. The summed E-state index contributed by atoms with van der Waals surface area (Å²) < 4.78 is 2.97. The lowest BCUT2D eigenvalue weighted by Gasteiger charge is -2.14. The fraction of sp³-hybridized carbons (Fsp3) is 0.133. The van der Waals surface area contributed by atoms with Crippen molar-refractivity contribution in [3.05, 3.63) is 58.7 Å². The maximum absolute atomic E-state index is 6.07. The van der Waals surface area contributed by atoms with Gasteiger partial charge in [-0.15, -0.1) is 0 Å². The van der Waals surface area contributed by atoms with Crippen LogP contribution in [0.4, 0.5) is 0 Å². The van der Waals surface area contributed by atoms with Gasteiger partial charge in [0.15, 0.2) is 0 Å². The van der Waals surface area contributed by atoms with E-state index in [1.807, 2.05) is 42.1 Å². The number of hydrogen-bond donors (Lipinski definition) is 1. The molecule has 96 valence electrons. The average molecular weight is 316 g/mol. The van der Waals surface area contributed by atoms with E-state index in [1.54, 1.807) is 0 Å². The highest BCUT2D eigenvalue weighted by molar-refractivity contribution is 9.10. The summed E-state index contributed by atoms with van der Waals surface area (Å²) >= 11 is 3.49. The van der Waals surface area contributed by atoms with Crippen LogP contribution in [0.5, 0.6) is 0 Å². The number of benzene rings is 2. The summed E-state index contributed by atoms with van der Waals surface area (Å²) in [6, 6.07) is 14.2. The van der Waals surface area contributed by atoms with Gasteiger partial charge in [0.05, 0.1) is 17.4 Å². The molecule has 4 heteroatoms. The van der Waals surface area contributed by atoms with Gasteiger partial charge < -0.3 is 5.73 Å². The van der Waals surface area contributed by atoms with E-state index in [0.717, 1.165) is 26.6 Å². The normalized spacial score (nSPS) is 12.8. The molecule has 0 spiro atoms. The van der Waals surface area contributed by atoms with Crippen LogP contribution in [0.3, 0.4) is 0 Å². The highest BCUT2D eigenvalue weighted by atomic mass is 79.9. The highest BCUT2D eigenvalue weighted by Crippen LogP contribution is 2.26. The molecule has 0 fully saturated rings. The van der Waals surface area contributed by atoms with Gasteiger partial charge in [0, 0.05) is 15.9 Å². The summed E-state index contributed by atoms with van der Waals surface area (Å²) in [5.74, 6) is 0. The number of halogens is 1. The van der Waals surface area contributed by atoms with E-state index in [2.05, 4.69) is 39.2 Å². The van der Waals surface area contributed by atoms with Crippen LogP contribution in [0.2, 0.25) is 0 Å². The van der Waals surface area contributed by atoms with Crippen molar-refractivity contribution in [3.63, 3.8) is 0 Å². The van der Waals surface area contributed by atoms with Crippen LogP contribution in [-0.4, -0.2) is 9.78 Å². The second-order valence-electron chi connectivity index (χ2n) is 4.61. The van der Waals surface area contributed by atoms with Crippen molar-refractivity contribution >= 4 is 26.8 Å². The van der Waals surface area contributed by atoms with Gasteiger partial charge in [-0.2, -0.15) is 5.10 Å². The van der Waals surface area contributed by atoms with Crippen LogP contribution in [0, 0.1) is 0 Å². The van der Waals surface area contributed by atoms with Crippen molar-refractivity contribution in [2.75, 3.05) is 0 Å². The Morgan fingerprint density at radius 2 is 2.00 bits per heavy atom. The third kappa shape index (κ3) is 2.17. The molecule has 1 unspecified atom stereocenters. The van der Waals surface area contributed by atoms with Gasteiger partial charge in [0.2, 0.25) is 0 Å². The molecule has 3 nitrogen and oxygen atoms in total. The summed E-state index contributed by atoms with van der Waals surface area (Å²) in [6.45, 7) is 1.98. The van der Waals surface area contributed by atoms with Crippen molar-refractivity contribution in [1.82, 2.24) is 9.78 Å². The van der Waals surface area contributed by atoms with Gasteiger partial charge in [-0.1, -0.05) is 34.1 Å². The van der Waals surface area contributed by atoms with Gasteiger partial charge in [-0.05, 0) is 36.8 Å². The first-order valence-electron chi connectivity index (χ1n) is 6.15. The minimum atomic E-state index is -0.0459. The van der Waals surface area contributed by atoms with Crippen LogP contribution in [-0.2, 0) is 0 Å². The number of nitrogens with two attached hydrogens (primary N) is 1. The topological polar surface area (TPSA) is 43.8 Å². The molecular weight excluding hydrogens is 302 g/mol. The fourth-order valence-electron chi connectivity index (χ4n) is 2.25. The Balaban J connectivity index is 2.27. The van der Waals surface area contributed by atoms with Crippen LogP contribution >= 0.6 is 15.9 Å². The van der Waals surface area contributed by atoms with Crippen molar-refractivity contribution < 1.29 is 0 Å². The Bertz CT molecular complexity index is 731. The van der Waals surface area contributed by atoms with E-state index >= 15 is 0 Å². The highest BCUT2D eigenvalue weighted by Gasteiger charge is 2.12. The molecule has 1 aromatic heterocycles. The largest absolute Gasteiger partial charge is 0.324 e. The molecule has 0 amide bonds. The number of aromatic nitrogens is 2. The number of nitrogens with zero attached hydrogens (tertiary/aromatic N) is 2. The van der Waals surface area contributed by atoms with Gasteiger partial charge in [0.1, 0.15) is 0 Å². The lowest BCUT2D eigenvalue weighted by molar-refractivity contribution is 0.788. The Morgan fingerprint density at radius 1 is 1.21 bits per heavy atom. The standard InChI is InChI=1S/C15H14BrN3/c1-10(17)13-8-12(16)6-7-15(13)19-14-5-3-2-4-11(14)9-18-19/h2-10H,17H2,1H3. The number of hydrogen-bond acceptors (Lipinski definition) is 2. The molecule has 0 radical (unpaired) electrons. The van der Waals surface area contributed by atoms with Gasteiger partial charge >= 0.3 is 0 Å². The van der Waals surface area contributed by atoms with Crippen LogP contribution in [0.15, 0.2) is 53.1 Å². The lowest BCUT2D eigenvalue weighted by Crippen LogP contribution is -2.10. The summed E-state index contributed by atoms with van der Waals surface area (Å²) in [6.07, 6.45) is 1.88. The van der Waals surface area contributed by atoms with Crippen LogP contribution in [0.25, 0.3) is 16.6 Å². The van der Waals surface area contributed by atoms with E-state index < -0.39 is 0 Å². The summed E-state index contributed by atoms with van der Waals surface area (Å²) in [5, 5.41) is 5.61. The predicted molar refractivity (Wildman–Crippen MR) is 81.4 cm³/mol. The van der Waals surface area contributed by atoms with E-state index in [1.165, 1.54) is 0 Å². The monoisotopic (exact) mass is 315 g/mol. The third-order valence-corrected chi connectivity index (χ3v) is 3.68. The SMILES string of the molecule is CC(N)c1cc(Br)ccc1-n1ncc2ccccc21. The minimum Gasteiger partial charge on any atom is -0.324 e. The Labute approximate surface area is 120 Å². The fourth-order valence-corrected chi connectivity index (χ4v) is 2.63. The summed E-state index contributed by atoms with van der Waals surface area (Å²) in [7, 11) is 0. The van der Waals surface area contributed by atoms with Crippen LogP contribution < -0.4 is 5.73 Å². The molecule has 0 aliphatic heterocycles. The second kappa shape index (κ2) is 4.79. The van der Waals surface area contributed by atoms with Crippen LogP contribution in [0.1, 0.15) is 18.5 Å². The molecular formula is C15H14BrN3. The van der Waals surface area contributed by atoms with E-state index in [-0.39, 0.29) is 6.04 Å². The molecule has 3 aromatic rings. The molecule has 2 aromatic carbocycles. The van der Waals surface area contributed by atoms with E-state index in [0.29, 0.717) is 0 Å². The molecule has 2 N–H and O–H groups in total. The van der Waals surface area contributed by atoms with Crippen molar-refractivity contribution in [3.8, 4) is 5.69 Å². The zero-order valence-electron chi connectivity index (χ0n) is 10.5. The first-order valence-corrected chi connectivity index (χ1v) is 6.94. The molecule has 0 bridgehead atoms. The van der Waals surface area contributed by atoms with E-state index in [4.69, 9.17) is 5.73 Å². The van der Waals surface area contributed by atoms with Gasteiger partial charge in [-0.25, -0.2) is 4.68 Å². The Morgan fingerprint density at radius 3 is 2.79 bits per heavy atom. The number of rotatable bonds is 2. The Hall–Kier alpha value is -1.65. The molecule has 19 heavy (non-hydrogen) atoms. The summed E-state index contributed by atoms with van der Waals surface area (Å²) in [5.41, 5.74) is 9.26.